The van der Waals surface area contributed by atoms with Gasteiger partial charge in [-0.3, -0.25) is 24.1 Å². The van der Waals surface area contributed by atoms with E-state index >= 15 is 0 Å². The Hall–Kier alpha value is -4.18. The molecule has 0 bridgehead atoms. The van der Waals surface area contributed by atoms with Gasteiger partial charge in [-0.2, -0.15) is 0 Å². The summed E-state index contributed by atoms with van der Waals surface area (Å²) in [5.41, 5.74) is 1.17. The monoisotopic (exact) mass is 539 g/mol. The van der Waals surface area contributed by atoms with E-state index < -0.39 is 39.9 Å². The zero-order chi connectivity index (χ0) is 29.1. The van der Waals surface area contributed by atoms with Crippen molar-refractivity contribution < 1.29 is 21.1 Å². The number of amides is 1. The van der Waals surface area contributed by atoms with Crippen molar-refractivity contribution in [1.82, 2.24) is 19.5 Å². The number of nitrogens with one attached hydrogen (secondary N) is 1. The molecular formula is C27H22ClF2N5O3. The fourth-order valence-electron chi connectivity index (χ4n) is 4.11. The van der Waals surface area contributed by atoms with Crippen molar-refractivity contribution >= 4 is 23.2 Å². The molecule has 1 amide bonds. The largest absolute Gasteiger partial charge is 0.485 e. The fourth-order valence-corrected chi connectivity index (χ4v) is 4.28. The van der Waals surface area contributed by atoms with Gasteiger partial charge in [0.2, 0.25) is 5.91 Å². The molecule has 194 valence electrons. The summed E-state index contributed by atoms with van der Waals surface area (Å²) < 4.78 is 50.3. The average molecular weight is 540 g/mol. The molecule has 0 aliphatic carbocycles. The van der Waals surface area contributed by atoms with Gasteiger partial charge in [-0.05, 0) is 51.5 Å². The van der Waals surface area contributed by atoms with E-state index in [-0.39, 0.29) is 11.7 Å². The number of hydrogen-bond acceptors (Lipinski definition) is 6. The van der Waals surface area contributed by atoms with Gasteiger partial charge in [0.1, 0.15) is 28.8 Å². The number of nitrogens with zero attached hydrogens (tertiary/aromatic N) is 4. The van der Waals surface area contributed by atoms with Gasteiger partial charge in [-0.25, -0.2) is 13.8 Å². The number of anilines is 1. The predicted molar refractivity (Wildman–Crippen MR) is 138 cm³/mol. The molecule has 0 fully saturated rings. The summed E-state index contributed by atoms with van der Waals surface area (Å²) in [5.74, 6) is -2.74. The van der Waals surface area contributed by atoms with Crippen molar-refractivity contribution in [3.8, 4) is 22.8 Å². The van der Waals surface area contributed by atoms with E-state index in [1.54, 1.807) is 52.1 Å². The van der Waals surface area contributed by atoms with Gasteiger partial charge in [0.15, 0.2) is 5.82 Å². The van der Waals surface area contributed by atoms with Crippen molar-refractivity contribution in [2.45, 2.75) is 39.7 Å². The van der Waals surface area contributed by atoms with Gasteiger partial charge in [-0.1, -0.05) is 11.6 Å². The number of carbonyl (C=O) groups excluding carboxylic acids is 1. The first-order chi connectivity index (χ1) is 18.7. The fraction of sp³-hybridized carbons (Fsp3) is 0.222. The normalized spacial score (nSPS) is 15.0. The molecule has 1 aliphatic rings. The van der Waals surface area contributed by atoms with Crippen molar-refractivity contribution in [1.29, 1.82) is 0 Å². The lowest BCUT2D eigenvalue weighted by molar-refractivity contribution is -0.119. The molecule has 0 spiro atoms. The highest BCUT2D eigenvalue weighted by Gasteiger charge is 2.40. The zero-order valence-electron chi connectivity index (χ0n) is 22.7. The summed E-state index contributed by atoms with van der Waals surface area (Å²) in [7, 11) is 0. The lowest BCUT2D eigenvalue weighted by Gasteiger charge is -2.17. The molecule has 8 nitrogen and oxygen atoms in total. The van der Waals surface area contributed by atoms with Crippen LogP contribution in [-0.2, 0) is 16.8 Å². The molecule has 0 radical (unpaired) electrons. The Kier molecular flexibility index (Phi) is 5.61. The number of halogens is 3. The third-order valence-corrected chi connectivity index (χ3v) is 6.59. The molecule has 1 aliphatic heterocycles. The van der Waals surface area contributed by atoms with Crippen LogP contribution in [0, 0.1) is 25.5 Å². The second-order valence-electron chi connectivity index (χ2n) is 9.32. The molecular weight excluding hydrogens is 516 g/mol. The van der Waals surface area contributed by atoms with Gasteiger partial charge in [0, 0.05) is 24.0 Å². The molecule has 0 atom stereocenters. The van der Waals surface area contributed by atoms with Crippen LogP contribution in [0.3, 0.4) is 0 Å². The Morgan fingerprint density at radius 3 is 2.61 bits per heavy atom. The summed E-state index contributed by atoms with van der Waals surface area (Å²) >= 11 is 6.33. The predicted octanol–water partition coefficient (Wildman–Crippen LogP) is 5.05. The number of fused-ring (bicyclic) bond motifs is 1. The third-order valence-electron chi connectivity index (χ3n) is 6.25. The van der Waals surface area contributed by atoms with Crippen molar-refractivity contribution in [3.63, 3.8) is 0 Å². The summed E-state index contributed by atoms with van der Waals surface area (Å²) in [6.07, 6.45) is 2.22. The molecule has 5 heterocycles. The second kappa shape index (κ2) is 9.29. The first kappa shape index (κ1) is 23.0. The number of aromatic nitrogens is 4. The van der Waals surface area contributed by atoms with Crippen LogP contribution in [-0.4, -0.2) is 25.4 Å². The molecule has 0 saturated heterocycles. The number of carbonyl (C=O) groups is 1. The lowest BCUT2D eigenvalue weighted by atomic mass is 9.90. The highest BCUT2D eigenvalue weighted by atomic mass is 35.5. The van der Waals surface area contributed by atoms with Gasteiger partial charge in [0.05, 0.1) is 42.8 Å². The number of ether oxygens (including phenoxy) is 1. The minimum absolute atomic E-state index is 0.161. The van der Waals surface area contributed by atoms with Crippen LogP contribution in [0.5, 0.6) is 5.75 Å². The molecule has 4 aromatic rings. The summed E-state index contributed by atoms with van der Waals surface area (Å²) in [4.78, 5) is 38.3. The quantitative estimate of drug-likeness (QED) is 0.381. The third kappa shape index (κ3) is 4.30. The van der Waals surface area contributed by atoms with Crippen LogP contribution < -0.4 is 15.6 Å². The number of aryl methyl sites for hydroxylation is 2. The Morgan fingerprint density at radius 2 is 1.87 bits per heavy atom. The van der Waals surface area contributed by atoms with Gasteiger partial charge < -0.3 is 10.1 Å². The molecule has 1 N–H and O–H groups in total. The van der Waals surface area contributed by atoms with Crippen LogP contribution in [0.1, 0.15) is 39.2 Å². The number of hydrogen-bond donors (Lipinski definition) is 1. The van der Waals surface area contributed by atoms with Crippen molar-refractivity contribution in [3.05, 3.63) is 92.4 Å². The van der Waals surface area contributed by atoms with Crippen molar-refractivity contribution in [2.75, 3.05) is 5.32 Å². The van der Waals surface area contributed by atoms with E-state index in [0.29, 0.717) is 52.0 Å². The molecule has 0 aromatic carbocycles. The van der Waals surface area contributed by atoms with Crippen LogP contribution in [0.4, 0.5) is 14.5 Å². The molecule has 38 heavy (non-hydrogen) atoms. The second-order valence-corrected chi connectivity index (χ2v) is 9.70. The van der Waals surface area contributed by atoms with Crippen LogP contribution >= 0.6 is 11.6 Å². The van der Waals surface area contributed by atoms with Crippen LogP contribution in [0.25, 0.3) is 17.1 Å². The van der Waals surface area contributed by atoms with E-state index in [2.05, 4.69) is 20.3 Å². The van der Waals surface area contributed by atoms with Gasteiger partial charge >= 0.3 is 0 Å². The van der Waals surface area contributed by atoms with E-state index in [4.69, 9.17) is 19.1 Å². The number of pyridine rings is 4. The standard InChI is InChI=1S/C27H22ClF2N5O3/c1-13-10-31-19(17-5-6-18-24(33-17)27(3,4)26(37)34-18)9-21(13)35-14(2)7-22(23(28)25(35)36)38-12-20-16(30)8-15(29)11-32-20/h5-11H,12H2,1-4H3,(H,34,37)/i12D2. The van der Waals surface area contributed by atoms with E-state index in [1.807, 2.05) is 0 Å². The topological polar surface area (TPSA) is 99.0 Å². The minimum Gasteiger partial charge on any atom is -0.485 e. The summed E-state index contributed by atoms with van der Waals surface area (Å²) in [6, 6.07) is 6.92. The minimum atomic E-state index is -2.87. The molecule has 11 heteroatoms. The molecule has 5 rings (SSSR count). The van der Waals surface area contributed by atoms with E-state index in [1.165, 1.54) is 10.6 Å². The van der Waals surface area contributed by atoms with E-state index in [0.717, 1.165) is 0 Å². The first-order valence-electron chi connectivity index (χ1n) is 12.4. The molecule has 0 unspecified atom stereocenters. The summed E-state index contributed by atoms with van der Waals surface area (Å²) in [6.45, 7) is 4.02. The van der Waals surface area contributed by atoms with Gasteiger partial charge in [-0.15, -0.1) is 0 Å². The first-order valence-corrected chi connectivity index (χ1v) is 11.8. The van der Waals surface area contributed by atoms with Crippen LogP contribution in [0.15, 0.2) is 47.5 Å². The molecule has 4 aromatic heterocycles. The smallest absolute Gasteiger partial charge is 0.277 e. The zero-order valence-corrected chi connectivity index (χ0v) is 21.4. The Morgan fingerprint density at radius 1 is 1.11 bits per heavy atom. The lowest BCUT2D eigenvalue weighted by Crippen LogP contribution is -2.27. The van der Waals surface area contributed by atoms with E-state index in [9.17, 15) is 18.4 Å². The highest BCUT2D eigenvalue weighted by Crippen LogP contribution is 2.37. The maximum atomic E-state index is 14.2. The highest BCUT2D eigenvalue weighted by molar-refractivity contribution is 6.31. The SMILES string of the molecule is [2H]C([2H])(Oc1cc(C)n(-c2cc(-c3ccc4c(n3)C(C)(C)C(=O)N4)ncc2C)c(=O)c1Cl)c1ncc(F)cc1F. The number of rotatable bonds is 5. The van der Waals surface area contributed by atoms with Crippen LogP contribution in [0.2, 0.25) is 5.02 Å². The maximum absolute atomic E-state index is 14.2. The Balaban J connectivity index is 1.55. The summed E-state index contributed by atoms with van der Waals surface area (Å²) in [5, 5.41) is 2.35. The molecule has 0 saturated carbocycles. The Labute approximate surface area is 224 Å². The van der Waals surface area contributed by atoms with Crippen molar-refractivity contribution in [2.24, 2.45) is 0 Å². The Bertz CT molecular complexity index is 1780. The average Bonchev–Trinajstić information content (AvgIpc) is 3.10. The maximum Gasteiger partial charge on any atom is 0.277 e. The van der Waals surface area contributed by atoms with Gasteiger partial charge in [0.25, 0.3) is 5.56 Å².